The topological polar surface area (TPSA) is 41.4 Å². The number of piperazine rings is 1. The number of benzene rings is 1. The van der Waals surface area contributed by atoms with E-state index in [1.807, 2.05) is 41.6 Å². The molecule has 6 heteroatoms. The number of carbonyl (C=O) groups is 1. The van der Waals surface area contributed by atoms with Crippen LogP contribution in [-0.4, -0.2) is 51.7 Å². The fraction of sp³-hybridized carbons (Fsp3) is 0.474. The van der Waals surface area contributed by atoms with Crippen LogP contribution in [-0.2, 0) is 17.9 Å². The Bertz CT molecular complexity index is 735. The Morgan fingerprint density at radius 3 is 2.52 bits per heavy atom. The van der Waals surface area contributed by atoms with Gasteiger partial charge >= 0.3 is 0 Å². The summed E-state index contributed by atoms with van der Waals surface area (Å²) in [6, 6.07) is 8.90. The number of aromatic nitrogens is 2. The highest BCUT2D eigenvalue weighted by atomic mass is 19.1. The molecule has 1 aromatic carbocycles. The first kappa shape index (κ1) is 17.6. The summed E-state index contributed by atoms with van der Waals surface area (Å²) in [4.78, 5) is 16.5. The number of aryl methyl sites for hydroxylation is 3. The van der Waals surface area contributed by atoms with Gasteiger partial charge in [0.1, 0.15) is 5.82 Å². The third kappa shape index (κ3) is 4.45. The van der Waals surface area contributed by atoms with Crippen LogP contribution in [0.25, 0.3) is 0 Å². The molecule has 1 aliphatic heterocycles. The lowest BCUT2D eigenvalue weighted by Crippen LogP contribution is -2.48. The standard InChI is InChI=1S/C19H25FN4O/c1-15-13-16(2)24(21-15)8-7-19(25)23-11-9-22(10-12-23)14-17-5-3-4-6-18(17)20/h3-6,13H,7-12,14H2,1-2H3. The van der Waals surface area contributed by atoms with Crippen LogP contribution >= 0.6 is 0 Å². The maximum absolute atomic E-state index is 13.7. The van der Waals surface area contributed by atoms with E-state index in [4.69, 9.17) is 0 Å². The monoisotopic (exact) mass is 344 g/mol. The number of rotatable bonds is 5. The molecule has 25 heavy (non-hydrogen) atoms. The summed E-state index contributed by atoms with van der Waals surface area (Å²) < 4.78 is 15.6. The molecule has 0 aliphatic carbocycles. The van der Waals surface area contributed by atoms with Gasteiger partial charge in [-0.3, -0.25) is 14.4 Å². The number of amides is 1. The maximum Gasteiger partial charge on any atom is 0.224 e. The molecule has 0 saturated carbocycles. The van der Waals surface area contributed by atoms with Crippen molar-refractivity contribution in [3.63, 3.8) is 0 Å². The number of hydrogen-bond donors (Lipinski definition) is 0. The molecule has 0 bridgehead atoms. The summed E-state index contributed by atoms with van der Waals surface area (Å²) in [6.45, 7) is 8.13. The molecule has 1 aliphatic rings. The van der Waals surface area contributed by atoms with Gasteiger partial charge in [0, 0.05) is 56.9 Å². The third-order valence-electron chi connectivity index (χ3n) is 4.72. The van der Waals surface area contributed by atoms with E-state index in [0.717, 1.165) is 24.5 Å². The second-order valence-corrected chi connectivity index (χ2v) is 6.65. The minimum Gasteiger partial charge on any atom is -0.340 e. The second-order valence-electron chi connectivity index (χ2n) is 6.65. The van der Waals surface area contributed by atoms with Crippen LogP contribution in [0.4, 0.5) is 4.39 Å². The van der Waals surface area contributed by atoms with E-state index in [9.17, 15) is 9.18 Å². The first-order valence-corrected chi connectivity index (χ1v) is 8.77. The summed E-state index contributed by atoms with van der Waals surface area (Å²) >= 11 is 0. The van der Waals surface area contributed by atoms with Crippen LogP contribution in [0.5, 0.6) is 0 Å². The van der Waals surface area contributed by atoms with Crippen molar-refractivity contribution in [2.24, 2.45) is 0 Å². The first-order chi connectivity index (χ1) is 12.0. The summed E-state index contributed by atoms with van der Waals surface area (Å²) in [5.41, 5.74) is 2.78. The Balaban J connectivity index is 1.46. The van der Waals surface area contributed by atoms with Crippen LogP contribution in [0.15, 0.2) is 30.3 Å². The molecular weight excluding hydrogens is 319 g/mol. The smallest absolute Gasteiger partial charge is 0.224 e. The Hall–Kier alpha value is -2.21. The minimum atomic E-state index is -0.161. The Morgan fingerprint density at radius 1 is 1.16 bits per heavy atom. The highest BCUT2D eigenvalue weighted by molar-refractivity contribution is 5.76. The van der Waals surface area contributed by atoms with E-state index >= 15 is 0 Å². The van der Waals surface area contributed by atoms with Crippen LogP contribution < -0.4 is 0 Å². The molecule has 1 aromatic heterocycles. The van der Waals surface area contributed by atoms with E-state index < -0.39 is 0 Å². The molecular formula is C19H25FN4O. The fourth-order valence-corrected chi connectivity index (χ4v) is 3.28. The van der Waals surface area contributed by atoms with Gasteiger partial charge in [0.25, 0.3) is 0 Å². The van der Waals surface area contributed by atoms with Crippen molar-refractivity contribution in [3.05, 3.63) is 53.1 Å². The fourth-order valence-electron chi connectivity index (χ4n) is 3.28. The van der Waals surface area contributed by atoms with Gasteiger partial charge in [-0.25, -0.2) is 4.39 Å². The lowest BCUT2D eigenvalue weighted by Gasteiger charge is -2.34. The molecule has 1 saturated heterocycles. The largest absolute Gasteiger partial charge is 0.340 e. The molecule has 134 valence electrons. The molecule has 1 fully saturated rings. The lowest BCUT2D eigenvalue weighted by atomic mass is 10.2. The molecule has 5 nitrogen and oxygen atoms in total. The molecule has 2 aromatic rings. The van der Waals surface area contributed by atoms with Crippen molar-refractivity contribution in [2.75, 3.05) is 26.2 Å². The van der Waals surface area contributed by atoms with Crippen LogP contribution in [0.1, 0.15) is 23.4 Å². The molecule has 0 unspecified atom stereocenters. The number of hydrogen-bond acceptors (Lipinski definition) is 3. The van der Waals surface area contributed by atoms with Crippen molar-refractivity contribution < 1.29 is 9.18 Å². The lowest BCUT2D eigenvalue weighted by molar-refractivity contribution is -0.133. The average Bonchev–Trinajstić information content (AvgIpc) is 2.93. The van der Waals surface area contributed by atoms with E-state index in [-0.39, 0.29) is 11.7 Å². The van der Waals surface area contributed by atoms with Crippen molar-refractivity contribution in [1.29, 1.82) is 0 Å². The number of carbonyl (C=O) groups excluding carboxylic acids is 1. The molecule has 0 atom stereocenters. The normalized spacial score (nSPS) is 15.6. The Labute approximate surface area is 148 Å². The summed E-state index contributed by atoms with van der Waals surface area (Å²) in [6.07, 6.45) is 0.468. The highest BCUT2D eigenvalue weighted by Crippen LogP contribution is 2.13. The zero-order valence-electron chi connectivity index (χ0n) is 14.9. The molecule has 2 heterocycles. The predicted octanol–water partition coefficient (Wildman–Crippen LogP) is 2.37. The summed E-state index contributed by atoms with van der Waals surface area (Å²) in [7, 11) is 0. The quantitative estimate of drug-likeness (QED) is 0.836. The van der Waals surface area contributed by atoms with Gasteiger partial charge in [-0.15, -0.1) is 0 Å². The van der Waals surface area contributed by atoms with Crippen molar-refractivity contribution in [3.8, 4) is 0 Å². The molecule has 1 amide bonds. The van der Waals surface area contributed by atoms with Gasteiger partial charge in [-0.2, -0.15) is 5.10 Å². The maximum atomic E-state index is 13.7. The van der Waals surface area contributed by atoms with Crippen molar-refractivity contribution in [1.82, 2.24) is 19.6 Å². The number of nitrogens with zero attached hydrogens (tertiary/aromatic N) is 4. The third-order valence-corrected chi connectivity index (χ3v) is 4.72. The molecule has 0 spiro atoms. The zero-order valence-corrected chi connectivity index (χ0v) is 14.9. The number of halogens is 1. The van der Waals surface area contributed by atoms with Gasteiger partial charge in [0.2, 0.25) is 5.91 Å². The van der Waals surface area contributed by atoms with Gasteiger partial charge < -0.3 is 4.90 Å². The predicted molar refractivity (Wildman–Crippen MR) is 94.6 cm³/mol. The Kier molecular flexibility index (Phi) is 5.48. The van der Waals surface area contributed by atoms with Crippen LogP contribution in [0.3, 0.4) is 0 Å². The second kappa shape index (κ2) is 7.78. The van der Waals surface area contributed by atoms with Crippen molar-refractivity contribution in [2.45, 2.75) is 33.4 Å². The molecule has 0 N–H and O–H groups in total. The van der Waals surface area contributed by atoms with Crippen LogP contribution in [0.2, 0.25) is 0 Å². The zero-order chi connectivity index (χ0) is 17.8. The SMILES string of the molecule is Cc1cc(C)n(CCC(=O)N2CCN(Cc3ccccc3F)CC2)n1. The first-order valence-electron chi connectivity index (χ1n) is 8.77. The minimum absolute atomic E-state index is 0.161. The van der Waals surface area contributed by atoms with E-state index in [0.29, 0.717) is 38.2 Å². The van der Waals surface area contributed by atoms with E-state index in [1.165, 1.54) is 6.07 Å². The van der Waals surface area contributed by atoms with Crippen molar-refractivity contribution >= 4 is 5.91 Å². The summed E-state index contributed by atoms with van der Waals surface area (Å²) in [5.74, 6) is 0.00369. The van der Waals surface area contributed by atoms with Gasteiger partial charge in [0.15, 0.2) is 0 Å². The Morgan fingerprint density at radius 2 is 1.88 bits per heavy atom. The van der Waals surface area contributed by atoms with Gasteiger partial charge in [-0.05, 0) is 26.0 Å². The summed E-state index contributed by atoms with van der Waals surface area (Å²) in [5, 5.41) is 4.40. The van der Waals surface area contributed by atoms with Gasteiger partial charge in [-0.1, -0.05) is 18.2 Å². The molecule has 0 radical (unpaired) electrons. The average molecular weight is 344 g/mol. The van der Waals surface area contributed by atoms with E-state index in [2.05, 4.69) is 10.00 Å². The van der Waals surface area contributed by atoms with Gasteiger partial charge in [0.05, 0.1) is 5.69 Å². The molecule has 3 rings (SSSR count). The highest BCUT2D eigenvalue weighted by Gasteiger charge is 2.21. The van der Waals surface area contributed by atoms with E-state index in [1.54, 1.807) is 6.07 Å². The van der Waals surface area contributed by atoms with Crippen LogP contribution in [0, 0.1) is 19.7 Å².